The third-order valence-corrected chi connectivity index (χ3v) is 3.81. The first kappa shape index (κ1) is 15.3. The van der Waals surface area contributed by atoms with Gasteiger partial charge in [-0.3, -0.25) is 4.79 Å². The predicted molar refractivity (Wildman–Crippen MR) is 61.6 cm³/mol. The Bertz CT molecular complexity index is 303. The Labute approximate surface area is 96.8 Å². The molecule has 16 heavy (non-hydrogen) atoms. The van der Waals surface area contributed by atoms with Gasteiger partial charge in [-0.2, -0.15) is 0 Å². The van der Waals surface area contributed by atoms with Crippen molar-refractivity contribution < 1.29 is 17.9 Å². The van der Waals surface area contributed by atoms with Crippen molar-refractivity contribution in [1.82, 2.24) is 10.0 Å². The molecule has 0 saturated heterocycles. The predicted octanol–water partition coefficient (Wildman–Crippen LogP) is -0.533. The van der Waals surface area contributed by atoms with Crippen molar-refractivity contribution in [3.8, 4) is 0 Å². The van der Waals surface area contributed by atoms with Gasteiger partial charge < -0.3 is 10.1 Å². The van der Waals surface area contributed by atoms with Crippen molar-refractivity contribution in [3.05, 3.63) is 0 Å². The van der Waals surface area contributed by atoms with E-state index in [0.717, 1.165) is 13.1 Å². The summed E-state index contributed by atoms with van der Waals surface area (Å²) in [5, 5.41) is 1.90. The number of carbonyl (C=O) groups is 1. The summed E-state index contributed by atoms with van der Waals surface area (Å²) in [5.41, 5.74) is 0. The van der Waals surface area contributed by atoms with E-state index in [4.69, 9.17) is 0 Å². The Balaban J connectivity index is 4.01. The van der Waals surface area contributed by atoms with E-state index in [9.17, 15) is 13.2 Å². The lowest BCUT2D eigenvalue weighted by molar-refractivity contribution is -0.139. The summed E-state index contributed by atoms with van der Waals surface area (Å²) < 4.78 is 29.8. The monoisotopic (exact) mass is 252 g/mol. The number of nitrogens with one attached hydrogen (secondary N) is 2. The number of methoxy groups -OCH3 is 1. The zero-order valence-electron chi connectivity index (χ0n) is 9.95. The third kappa shape index (κ3) is 5.43. The van der Waals surface area contributed by atoms with Gasteiger partial charge in [0.25, 0.3) is 0 Å². The molecule has 1 atom stereocenters. The van der Waals surface area contributed by atoms with Crippen LogP contribution in [0.2, 0.25) is 0 Å². The highest BCUT2D eigenvalue weighted by Gasteiger charge is 2.27. The standard InChI is InChI=1S/C9H20N2O4S/c1-4-10-6-5-7-11-16(13,14)8(2)9(12)15-3/h8,10-11H,4-7H2,1-3H3. The van der Waals surface area contributed by atoms with E-state index in [1.165, 1.54) is 14.0 Å². The Hall–Kier alpha value is -0.660. The highest BCUT2D eigenvalue weighted by molar-refractivity contribution is 7.90. The molecule has 0 bridgehead atoms. The second kappa shape index (κ2) is 7.59. The molecule has 96 valence electrons. The van der Waals surface area contributed by atoms with Gasteiger partial charge >= 0.3 is 5.97 Å². The normalized spacial score (nSPS) is 13.4. The molecule has 0 aromatic heterocycles. The molecule has 0 aromatic carbocycles. The second-order valence-electron chi connectivity index (χ2n) is 3.31. The molecule has 6 nitrogen and oxygen atoms in total. The Morgan fingerprint density at radius 1 is 1.38 bits per heavy atom. The largest absolute Gasteiger partial charge is 0.468 e. The number of esters is 1. The molecule has 0 saturated carbocycles. The zero-order valence-corrected chi connectivity index (χ0v) is 10.8. The van der Waals surface area contributed by atoms with Crippen LogP contribution in [0.4, 0.5) is 0 Å². The quantitative estimate of drug-likeness (QED) is 0.448. The minimum atomic E-state index is -3.61. The van der Waals surface area contributed by atoms with Gasteiger partial charge in [-0.05, 0) is 26.4 Å². The molecule has 0 heterocycles. The smallest absolute Gasteiger partial charge is 0.325 e. The average molecular weight is 252 g/mol. The molecule has 0 rings (SSSR count). The van der Waals surface area contributed by atoms with Crippen molar-refractivity contribution in [2.75, 3.05) is 26.7 Å². The van der Waals surface area contributed by atoms with Gasteiger partial charge in [-0.1, -0.05) is 6.92 Å². The zero-order chi connectivity index (χ0) is 12.6. The van der Waals surface area contributed by atoms with Gasteiger partial charge in [0.15, 0.2) is 5.25 Å². The number of hydrogen-bond donors (Lipinski definition) is 2. The topological polar surface area (TPSA) is 84.5 Å². The minimum Gasteiger partial charge on any atom is -0.468 e. The molecule has 0 aliphatic rings. The molecular formula is C9H20N2O4S. The van der Waals surface area contributed by atoms with E-state index in [0.29, 0.717) is 13.0 Å². The van der Waals surface area contributed by atoms with Crippen LogP contribution in [0.1, 0.15) is 20.3 Å². The van der Waals surface area contributed by atoms with Crippen LogP contribution in [0.15, 0.2) is 0 Å². The molecule has 0 spiro atoms. The van der Waals surface area contributed by atoms with Crippen LogP contribution in [0.3, 0.4) is 0 Å². The number of rotatable bonds is 8. The van der Waals surface area contributed by atoms with Crippen LogP contribution >= 0.6 is 0 Å². The van der Waals surface area contributed by atoms with Crippen molar-refractivity contribution >= 4 is 16.0 Å². The van der Waals surface area contributed by atoms with E-state index in [1.54, 1.807) is 0 Å². The fraction of sp³-hybridized carbons (Fsp3) is 0.889. The first-order valence-corrected chi connectivity index (χ1v) is 6.77. The highest BCUT2D eigenvalue weighted by atomic mass is 32.2. The van der Waals surface area contributed by atoms with E-state index >= 15 is 0 Å². The van der Waals surface area contributed by atoms with Crippen LogP contribution < -0.4 is 10.0 Å². The number of ether oxygens (including phenoxy) is 1. The molecule has 0 aliphatic carbocycles. The molecule has 0 radical (unpaired) electrons. The van der Waals surface area contributed by atoms with E-state index in [-0.39, 0.29) is 0 Å². The maximum absolute atomic E-state index is 11.5. The fourth-order valence-electron chi connectivity index (χ4n) is 1.02. The van der Waals surface area contributed by atoms with Gasteiger partial charge in [0.05, 0.1) is 7.11 Å². The lowest BCUT2D eigenvalue weighted by Gasteiger charge is -2.11. The van der Waals surface area contributed by atoms with Crippen molar-refractivity contribution in [2.24, 2.45) is 0 Å². The average Bonchev–Trinajstić information content (AvgIpc) is 2.26. The summed E-state index contributed by atoms with van der Waals surface area (Å²) in [5.74, 6) is -0.751. The molecule has 0 amide bonds. The summed E-state index contributed by atoms with van der Waals surface area (Å²) >= 11 is 0. The van der Waals surface area contributed by atoms with Crippen LogP contribution in [0.25, 0.3) is 0 Å². The summed E-state index contributed by atoms with van der Waals surface area (Å²) in [6, 6.07) is 0. The number of hydrogen-bond acceptors (Lipinski definition) is 5. The molecule has 0 aromatic rings. The summed E-state index contributed by atoms with van der Waals surface area (Å²) in [7, 11) is -2.44. The van der Waals surface area contributed by atoms with Gasteiger partial charge in [0, 0.05) is 6.54 Å². The number of carbonyl (C=O) groups excluding carboxylic acids is 1. The van der Waals surface area contributed by atoms with Gasteiger partial charge in [0.1, 0.15) is 0 Å². The highest BCUT2D eigenvalue weighted by Crippen LogP contribution is 2.00. The first-order valence-electron chi connectivity index (χ1n) is 5.22. The van der Waals surface area contributed by atoms with Gasteiger partial charge in [0.2, 0.25) is 10.0 Å². The summed E-state index contributed by atoms with van der Waals surface area (Å²) in [6.07, 6.45) is 0.682. The van der Waals surface area contributed by atoms with Crippen molar-refractivity contribution in [2.45, 2.75) is 25.5 Å². The van der Waals surface area contributed by atoms with E-state index in [1.807, 2.05) is 6.92 Å². The Kier molecular flexibility index (Phi) is 7.27. The minimum absolute atomic E-state index is 0.316. The molecule has 7 heteroatoms. The van der Waals surface area contributed by atoms with Crippen LogP contribution in [-0.4, -0.2) is 46.4 Å². The lowest BCUT2D eigenvalue weighted by Crippen LogP contribution is -2.39. The van der Waals surface area contributed by atoms with Crippen molar-refractivity contribution in [3.63, 3.8) is 0 Å². The maximum atomic E-state index is 11.5. The molecule has 0 fully saturated rings. The second-order valence-corrected chi connectivity index (χ2v) is 5.40. The Morgan fingerprint density at radius 3 is 2.50 bits per heavy atom. The van der Waals surface area contributed by atoms with Crippen molar-refractivity contribution in [1.29, 1.82) is 0 Å². The van der Waals surface area contributed by atoms with Gasteiger partial charge in [-0.25, -0.2) is 13.1 Å². The fourth-order valence-corrected chi connectivity index (χ4v) is 2.05. The van der Waals surface area contributed by atoms with Crippen LogP contribution in [0, 0.1) is 0 Å². The third-order valence-electron chi connectivity index (χ3n) is 2.08. The van der Waals surface area contributed by atoms with Crippen LogP contribution in [0.5, 0.6) is 0 Å². The van der Waals surface area contributed by atoms with Gasteiger partial charge in [-0.15, -0.1) is 0 Å². The molecule has 2 N–H and O–H groups in total. The molecule has 0 aliphatic heterocycles. The Morgan fingerprint density at radius 2 is 2.00 bits per heavy atom. The summed E-state index contributed by atoms with van der Waals surface area (Å²) in [4.78, 5) is 11.0. The van der Waals surface area contributed by atoms with E-state index < -0.39 is 21.2 Å². The SMILES string of the molecule is CCNCCCNS(=O)(=O)C(C)C(=O)OC. The maximum Gasteiger partial charge on any atom is 0.325 e. The van der Waals surface area contributed by atoms with Crippen LogP contribution in [-0.2, 0) is 19.6 Å². The molecule has 1 unspecified atom stereocenters. The summed E-state index contributed by atoms with van der Waals surface area (Å²) in [6.45, 7) is 5.19. The molecular weight excluding hydrogens is 232 g/mol. The number of sulfonamides is 1. The lowest BCUT2D eigenvalue weighted by atomic mass is 10.4. The first-order chi connectivity index (χ1) is 7.45. The van der Waals surface area contributed by atoms with E-state index in [2.05, 4.69) is 14.8 Å².